The summed E-state index contributed by atoms with van der Waals surface area (Å²) >= 11 is 6.41. The van der Waals surface area contributed by atoms with E-state index < -0.39 is 71.1 Å². The number of phenolic OH excluding ortho intramolecular Hbond substituents is 1. The number of carbonyl (C=O) groups excluding carboxylic acids is 4. The zero-order valence-electron chi connectivity index (χ0n) is 25.2. The number of hydrogen-bond acceptors (Lipinski definition) is 8. The van der Waals surface area contributed by atoms with Crippen molar-refractivity contribution in [2.45, 2.75) is 18.8 Å². The number of phenols is 1. The normalized spacial score (nSPS) is 26.2. The maximum atomic E-state index is 14.3. The highest BCUT2D eigenvalue weighted by molar-refractivity contribution is 6.32. The van der Waals surface area contributed by atoms with E-state index in [4.69, 9.17) is 16.3 Å². The van der Waals surface area contributed by atoms with Crippen LogP contribution in [0.3, 0.4) is 0 Å². The average Bonchev–Trinajstić information content (AvgIpc) is 3.48. The Morgan fingerprint density at radius 2 is 1.33 bits per heavy atom. The molecule has 2 heterocycles. The zero-order chi connectivity index (χ0) is 34.2. The van der Waals surface area contributed by atoms with Gasteiger partial charge in [-0.2, -0.15) is 0 Å². The molecule has 2 aliphatic carbocycles. The molecule has 1 saturated carbocycles. The largest absolute Gasteiger partial charge is 0.503 e. The van der Waals surface area contributed by atoms with Crippen LogP contribution < -0.4 is 14.5 Å². The Balaban J connectivity index is 1.35. The smallest absolute Gasteiger partial charge is 0.335 e. The van der Waals surface area contributed by atoms with Gasteiger partial charge in [-0.3, -0.25) is 29.0 Å². The highest BCUT2D eigenvalue weighted by atomic mass is 35.5. The summed E-state index contributed by atoms with van der Waals surface area (Å²) < 4.78 is 5.35. The molecule has 13 heteroatoms. The number of methoxy groups -OCH3 is 1. The van der Waals surface area contributed by atoms with Crippen molar-refractivity contribution in [3.05, 3.63) is 94.0 Å². The van der Waals surface area contributed by atoms with Crippen LogP contribution >= 0.6 is 11.6 Å². The van der Waals surface area contributed by atoms with E-state index in [1.807, 2.05) is 6.08 Å². The Kier molecular flexibility index (Phi) is 7.35. The van der Waals surface area contributed by atoms with Gasteiger partial charge in [0, 0.05) is 5.92 Å². The van der Waals surface area contributed by atoms with Crippen LogP contribution in [0.2, 0.25) is 5.02 Å². The molecule has 0 radical (unpaired) electrons. The van der Waals surface area contributed by atoms with Crippen molar-refractivity contribution in [1.82, 2.24) is 0 Å². The van der Waals surface area contributed by atoms with Gasteiger partial charge in [0.05, 0.1) is 58.3 Å². The van der Waals surface area contributed by atoms with Crippen molar-refractivity contribution in [3.8, 4) is 11.5 Å². The van der Waals surface area contributed by atoms with Crippen LogP contribution in [0.1, 0.15) is 45.0 Å². The van der Waals surface area contributed by atoms with Crippen LogP contribution in [0.5, 0.6) is 11.5 Å². The summed E-state index contributed by atoms with van der Waals surface area (Å²) in [6.45, 7) is 0. The quantitative estimate of drug-likeness (QED) is 0.250. The van der Waals surface area contributed by atoms with Gasteiger partial charge in [0.15, 0.2) is 11.5 Å². The highest BCUT2D eigenvalue weighted by Crippen LogP contribution is 2.59. The van der Waals surface area contributed by atoms with Gasteiger partial charge >= 0.3 is 11.9 Å². The van der Waals surface area contributed by atoms with Crippen LogP contribution in [0, 0.1) is 29.6 Å². The Hall–Kier alpha value is -5.49. The predicted octanol–water partition coefficient (Wildman–Crippen LogP) is 4.50. The first-order valence-corrected chi connectivity index (χ1v) is 15.5. The summed E-state index contributed by atoms with van der Waals surface area (Å²) in [4.78, 5) is 81.8. The van der Waals surface area contributed by atoms with Gasteiger partial charge in [-0.15, -0.1) is 0 Å². The summed E-state index contributed by atoms with van der Waals surface area (Å²) in [6.07, 6.45) is 2.03. The third-order valence-electron chi connectivity index (χ3n) is 9.98. The van der Waals surface area contributed by atoms with Crippen LogP contribution in [0.25, 0.3) is 0 Å². The molecule has 3 aromatic rings. The molecule has 7 rings (SSSR count). The summed E-state index contributed by atoms with van der Waals surface area (Å²) in [5, 5.41) is 29.5. The molecule has 6 atom stereocenters. The third-order valence-corrected chi connectivity index (χ3v) is 10.3. The van der Waals surface area contributed by atoms with E-state index in [0.29, 0.717) is 11.1 Å². The summed E-state index contributed by atoms with van der Waals surface area (Å²) in [5.41, 5.74) is 1.11. The van der Waals surface area contributed by atoms with Gasteiger partial charge in [0.25, 0.3) is 0 Å². The minimum absolute atomic E-state index is 0.0323. The van der Waals surface area contributed by atoms with Crippen molar-refractivity contribution >= 4 is 58.5 Å². The topological polar surface area (TPSA) is 179 Å². The fraction of sp³-hybridized carbons (Fsp3) is 0.257. The number of halogens is 1. The second-order valence-electron chi connectivity index (χ2n) is 12.3. The Morgan fingerprint density at radius 1 is 0.771 bits per heavy atom. The molecule has 3 N–H and O–H groups in total. The summed E-state index contributed by atoms with van der Waals surface area (Å²) in [6, 6.07) is 14.1. The molecule has 0 aromatic heterocycles. The van der Waals surface area contributed by atoms with Crippen LogP contribution in [-0.2, 0) is 19.2 Å². The molecule has 2 aliphatic heterocycles. The van der Waals surface area contributed by atoms with Crippen LogP contribution in [-0.4, -0.2) is 58.0 Å². The molecule has 244 valence electrons. The maximum absolute atomic E-state index is 14.3. The fourth-order valence-corrected chi connectivity index (χ4v) is 8.18. The summed E-state index contributed by atoms with van der Waals surface area (Å²) in [5.74, 6) is -10.0. The molecule has 4 amide bonds. The minimum Gasteiger partial charge on any atom is -0.503 e. The number of amides is 4. The average molecular weight is 671 g/mol. The lowest BCUT2D eigenvalue weighted by molar-refractivity contribution is -0.126. The molecular formula is C35H27ClN2O10. The van der Waals surface area contributed by atoms with E-state index in [9.17, 15) is 44.1 Å². The highest BCUT2D eigenvalue weighted by Gasteiger charge is 2.62. The lowest BCUT2D eigenvalue weighted by Gasteiger charge is -2.44. The van der Waals surface area contributed by atoms with Crippen molar-refractivity contribution in [2.75, 3.05) is 16.9 Å². The van der Waals surface area contributed by atoms with Crippen LogP contribution in [0.4, 0.5) is 11.4 Å². The van der Waals surface area contributed by atoms with E-state index in [0.717, 1.165) is 9.80 Å². The van der Waals surface area contributed by atoms with E-state index in [1.54, 1.807) is 0 Å². The number of aromatic carboxylic acids is 2. The van der Waals surface area contributed by atoms with Crippen molar-refractivity contribution < 1.29 is 48.8 Å². The zero-order valence-corrected chi connectivity index (χ0v) is 26.0. The Bertz CT molecular complexity index is 2010. The lowest BCUT2D eigenvalue weighted by Crippen LogP contribution is -2.43. The number of rotatable bonds is 6. The standard InChI is InChI=1S/C35H27ClN2O10/c1-48-25-13-17(12-24(36)29(25)39)26-20-8-9-21-27(32(42)37(30(21)40)18-6-2-4-15(10-18)34(44)45)22(20)14-23-28(26)33(43)38(31(23)41)19-7-3-5-16(11-19)35(46)47/h2-8,10-13,21-23,26-28,39H,9,14H2,1H3,(H,44,45)(H,46,47). The number of allylic oxidation sites excluding steroid dienone is 2. The second kappa shape index (κ2) is 11.3. The molecule has 4 aliphatic rings. The van der Waals surface area contributed by atoms with E-state index in [1.165, 1.54) is 67.8 Å². The molecular weight excluding hydrogens is 644 g/mol. The molecule has 2 saturated heterocycles. The molecule has 12 nitrogen and oxygen atoms in total. The Labute approximate surface area is 277 Å². The van der Waals surface area contributed by atoms with Crippen molar-refractivity contribution in [1.29, 1.82) is 0 Å². The van der Waals surface area contributed by atoms with Gasteiger partial charge < -0.3 is 20.1 Å². The molecule has 0 spiro atoms. The first-order valence-electron chi connectivity index (χ1n) is 15.1. The van der Waals surface area contributed by atoms with Crippen molar-refractivity contribution in [2.24, 2.45) is 29.6 Å². The number of carboxylic acids is 2. The third kappa shape index (κ3) is 4.58. The number of anilines is 2. The van der Waals surface area contributed by atoms with Crippen molar-refractivity contribution in [3.63, 3.8) is 0 Å². The van der Waals surface area contributed by atoms with Gasteiger partial charge in [-0.05, 0) is 72.9 Å². The summed E-state index contributed by atoms with van der Waals surface area (Å²) in [7, 11) is 1.34. The van der Waals surface area contributed by atoms with Gasteiger partial charge in [-0.25, -0.2) is 9.59 Å². The maximum Gasteiger partial charge on any atom is 0.335 e. The molecule has 0 bridgehead atoms. The number of fused-ring (bicyclic) bond motifs is 4. The second-order valence-corrected chi connectivity index (χ2v) is 12.7. The number of ether oxygens (including phenoxy) is 1. The fourth-order valence-electron chi connectivity index (χ4n) is 7.96. The molecule has 3 aromatic carbocycles. The van der Waals surface area contributed by atoms with Gasteiger partial charge in [0.1, 0.15) is 0 Å². The first kappa shape index (κ1) is 31.1. The first-order chi connectivity index (χ1) is 22.9. The number of carboxylic acid groups (broad SMARTS) is 2. The molecule has 48 heavy (non-hydrogen) atoms. The number of imide groups is 2. The van der Waals surface area contributed by atoms with Gasteiger partial charge in [0.2, 0.25) is 23.6 Å². The number of nitrogens with zero attached hydrogens (tertiary/aromatic N) is 2. The monoisotopic (exact) mass is 670 g/mol. The van der Waals surface area contributed by atoms with Crippen LogP contribution in [0.15, 0.2) is 72.3 Å². The SMILES string of the molecule is COc1cc(C2C3=CCC4C(=O)N(c5cccc(C(=O)O)c5)C(=O)C4C3CC3C(=O)N(c4cccc(C(=O)O)c4)C(=O)C32)cc(Cl)c1O. The number of hydrogen-bond donors (Lipinski definition) is 3. The Morgan fingerprint density at radius 3 is 1.90 bits per heavy atom. The van der Waals surface area contributed by atoms with Gasteiger partial charge in [-0.1, -0.05) is 35.4 Å². The van der Waals surface area contributed by atoms with E-state index in [2.05, 4.69) is 0 Å². The van der Waals surface area contributed by atoms with E-state index >= 15 is 0 Å². The molecule has 3 fully saturated rings. The predicted molar refractivity (Wildman–Crippen MR) is 169 cm³/mol. The molecule has 6 unspecified atom stereocenters. The number of carbonyl (C=O) groups is 6. The number of aromatic hydroxyl groups is 1. The van der Waals surface area contributed by atoms with E-state index in [-0.39, 0.29) is 51.9 Å². The minimum atomic E-state index is -1.23. The number of benzene rings is 3. The lowest BCUT2D eigenvalue weighted by atomic mass is 9.57.